The highest BCUT2D eigenvalue weighted by molar-refractivity contribution is 6.34. The zero-order chi connectivity index (χ0) is 9.42. The summed E-state index contributed by atoms with van der Waals surface area (Å²) in [6.07, 6.45) is 3.57. The van der Waals surface area contributed by atoms with Gasteiger partial charge in [0, 0.05) is 18.0 Å². The topological polar surface area (TPSA) is 47.5 Å². The number of primary amides is 1. The van der Waals surface area contributed by atoms with E-state index in [9.17, 15) is 4.79 Å². The van der Waals surface area contributed by atoms with Crippen LogP contribution in [0.1, 0.15) is 10.4 Å². The zero-order valence-electron chi connectivity index (χ0n) is 6.70. The summed E-state index contributed by atoms with van der Waals surface area (Å²) in [5.41, 5.74) is 6.39. The molecule has 0 aliphatic heterocycles. The molecule has 0 spiro atoms. The van der Waals surface area contributed by atoms with Crippen LogP contribution < -0.4 is 5.73 Å². The Morgan fingerprint density at radius 3 is 2.77 bits per heavy atom. The second-order valence-electron chi connectivity index (χ2n) is 2.74. The zero-order valence-corrected chi connectivity index (χ0v) is 7.45. The number of aromatic nitrogens is 1. The molecule has 1 amide bonds. The van der Waals surface area contributed by atoms with Gasteiger partial charge in [0.15, 0.2) is 0 Å². The molecule has 2 aromatic heterocycles. The molecule has 0 atom stereocenters. The summed E-state index contributed by atoms with van der Waals surface area (Å²) in [6, 6.07) is 5.10. The molecule has 4 heteroatoms. The minimum Gasteiger partial charge on any atom is -0.366 e. The number of hydrogen-bond donors (Lipinski definition) is 1. The highest BCUT2D eigenvalue weighted by Crippen LogP contribution is 2.19. The van der Waals surface area contributed by atoms with Crippen LogP contribution in [-0.4, -0.2) is 10.3 Å². The van der Waals surface area contributed by atoms with Gasteiger partial charge in [-0.1, -0.05) is 11.6 Å². The Labute approximate surface area is 79.7 Å². The number of nitrogens with two attached hydrogens (primary N) is 1. The Bertz CT molecular complexity index is 475. The Kier molecular flexibility index (Phi) is 1.74. The number of carbonyl (C=O) groups excluding carboxylic acids is 1. The molecule has 0 bridgehead atoms. The van der Waals surface area contributed by atoms with Crippen LogP contribution in [0.25, 0.3) is 5.52 Å². The van der Waals surface area contributed by atoms with Crippen LogP contribution in [0.4, 0.5) is 0 Å². The van der Waals surface area contributed by atoms with E-state index >= 15 is 0 Å². The highest BCUT2D eigenvalue weighted by atomic mass is 35.5. The minimum atomic E-state index is -0.445. The lowest BCUT2D eigenvalue weighted by atomic mass is 10.2. The van der Waals surface area contributed by atoms with Crippen LogP contribution in [0.15, 0.2) is 30.6 Å². The molecule has 0 radical (unpaired) electrons. The van der Waals surface area contributed by atoms with Gasteiger partial charge in [-0.3, -0.25) is 4.79 Å². The lowest BCUT2D eigenvalue weighted by molar-refractivity contribution is 0.100. The fourth-order valence-electron chi connectivity index (χ4n) is 1.22. The number of rotatable bonds is 1. The smallest absolute Gasteiger partial charge is 0.248 e. The number of amides is 1. The lowest BCUT2D eigenvalue weighted by Crippen LogP contribution is -2.10. The Morgan fingerprint density at radius 2 is 2.08 bits per heavy atom. The number of hydrogen-bond acceptors (Lipinski definition) is 1. The maximum atomic E-state index is 10.8. The molecule has 0 aliphatic carbocycles. The third-order valence-corrected chi connectivity index (χ3v) is 2.22. The molecule has 0 fully saturated rings. The average molecular weight is 195 g/mol. The van der Waals surface area contributed by atoms with Crippen molar-refractivity contribution in [3.8, 4) is 0 Å². The van der Waals surface area contributed by atoms with Crippen molar-refractivity contribution in [3.05, 3.63) is 41.2 Å². The summed E-state index contributed by atoms with van der Waals surface area (Å²) in [7, 11) is 0. The predicted octanol–water partition coefficient (Wildman–Crippen LogP) is 1.69. The summed E-state index contributed by atoms with van der Waals surface area (Å²) in [5.74, 6) is -0.445. The van der Waals surface area contributed by atoms with E-state index in [2.05, 4.69) is 0 Å². The van der Waals surface area contributed by atoms with Crippen LogP contribution in [-0.2, 0) is 0 Å². The van der Waals surface area contributed by atoms with Crippen molar-refractivity contribution in [2.24, 2.45) is 5.73 Å². The number of carbonyl (C=O) groups is 1. The lowest BCUT2D eigenvalue weighted by Gasteiger charge is -1.97. The van der Waals surface area contributed by atoms with E-state index < -0.39 is 5.91 Å². The largest absolute Gasteiger partial charge is 0.366 e. The van der Waals surface area contributed by atoms with Crippen molar-refractivity contribution >= 4 is 23.0 Å². The van der Waals surface area contributed by atoms with Gasteiger partial charge in [-0.25, -0.2) is 0 Å². The first-order valence-electron chi connectivity index (χ1n) is 3.74. The van der Waals surface area contributed by atoms with Gasteiger partial charge in [0.25, 0.3) is 0 Å². The maximum absolute atomic E-state index is 10.8. The van der Waals surface area contributed by atoms with Crippen molar-refractivity contribution in [1.82, 2.24) is 4.40 Å². The molecular weight excluding hydrogens is 188 g/mol. The Morgan fingerprint density at radius 1 is 1.38 bits per heavy atom. The minimum absolute atomic E-state index is 0.445. The van der Waals surface area contributed by atoms with Gasteiger partial charge in [-0.2, -0.15) is 0 Å². The first-order valence-corrected chi connectivity index (χ1v) is 4.12. The second-order valence-corrected chi connectivity index (χ2v) is 3.14. The van der Waals surface area contributed by atoms with Crippen molar-refractivity contribution < 1.29 is 4.79 Å². The molecule has 66 valence electrons. The SMILES string of the molecule is NC(=O)c1ccn2ccc(Cl)c2c1. The molecule has 0 unspecified atom stereocenters. The molecule has 3 nitrogen and oxygen atoms in total. The van der Waals surface area contributed by atoms with Crippen molar-refractivity contribution in [2.75, 3.05) is 0 Å². The van der Waals surface area contributed by atoms with Crippen molar-refractivity contribution in [1.29, 1.82) is 0 Å². The monoisotopic (exact) mass is 194 g/mol. The fraction of sp³-hybridized carbons (Fsp3) is 0. The molecule has 2 heterocycles. The summed E-state index contributed by atoms with van der Waals surface area (Å²) < 4.78 is 1.83. The summed E-state index contributed by atoms with van der Waals surface area (Å²) in [6.45, 7) is 0. The number of pyridine rings is 1. The van der Waals surface area contributed by atoms with Gasteiger partial charge >= 0.3 is 0 Å². The maximum Gasteiger partial charge on any atom is 0.248 e. The molecule has 2 N–H and O–H groups in total. The van der Waals surface area contributed by atoms with E-state index in [0.29, 0.717) is 10.6 Å². The van der Waals surface area contributed by atoms with Gasteiger partial charge in [-0.15, -0.1) is 0 Å². The van der Waals surface area contributed by atoms with E-state index in [1.807, 2.05) is 10.6 Å². The summed E-state index contributed by atoms with van der Waals surface area (Å²) in [4.78, 5) is 10.8. The fourth-order valence-corrected chi connectivity index (χ4v) is 1.43. The quantitative estimate of drug-likeness (QED) is 0.738. The molecule has 13 heavy (non-hydrogen) atoms. The van der Waals surface area contributed by atoms with Crippen molar-refractivity contribution in [3.63, 3.8) is 0 Å². The third-order valence-electron chi connectivity index (χ3n) is 1.90. The highest BCUT2D eigenvalue weighted by Gasteiger charge is 2.03. The van der Waals surface area contributed by atoms with E-state index in [4.69, 9.17) is 17.3 Å². The van der Waals surface area contributed by atoms with Crippen LogP contribution in [0.3, 0.4) is 0 Å². The number of nitrogens with zero attached hydrogens (tertiary/aromatic N) is 1. The van der Waals surface area contributed by atoms with Crippen LogP contribution in [0, 0.1) is 0 Å². The Hall–Kier alpha value is -1.48. The first-order chi connectivity index (χ1) is 6.18. The van der Waals surface area contributed by atoms with Gasteiger partial charge < -0.3 is 10.1 Å². The van der Waals surface area contributed by atoms with E-state index in [1.54, 1.807) is 24.4 Å². The normalized spacial score (nSPS) is 10.5. The molecule has 2 aromatic rings. The first kappa shape index (κ1) is 8.13. The predicted molar refractivity (Wildman–Crippen MR) is 50.9 cm³/mol. The number of fused-ring (bicyclic) bond motifs is 1. The van der Waals surface area contributed by atoms with E-state index in [-0.39, 0.29) is 0 Å². The van der Waals surface area contributed by atoms with Gasteiger partial charge in [0.2, 0.25) is 5.91 Å². The second kappa shape index (κ2) is 2.78. The summed E-state index contributed by atoms with van der Waals surface area (Å²) in [5, 5.41) is 0.614. The van der Waals surface area contributed by atoms with E-state index in [1.165, 1.54) is 0 Å². The molecule has 0 aromatic carbocycles. The van der Waals surface area contributed by atoms with Crippen LogP contribution >= 0.6 is 11.6 Å². The van der Waals surface area contributed by atoms with Crippen molar-refractivity contribution in [2.45, 2.75) is 0 Å². The molecule has 0 saturated heterocycles. The third kappa shape index (κ3) is 1.27. The molecule has 0 saturated carbocycles. The summed E-state index contributed by atoms with van der Waals surface area (Å²) >= 11 is 5.88. The van der Waals surface area contributed by atoms with Crippen LogP contribution in [0.5, 0.6) is 0 Å². The Balaban J connectivity index is 2.72. The van der Waals surface area contributed by atoms with Gasteiger partial charge in [-0.05, 0) is 18.2 Å². The molecule has 2 rings (SSSR count). The van der Waals surface area contributed by atoms with E-state index in [0.717, 1.165) is 5.52 Å². The standard InChI is InChI=1S/C9H7ClN2O/c10-7-2-4-12-3-1-6(9(11)13)5-8(7)12/h1-5H,(H2,11,13). The number of halogens is 1. The van der Waals surface area contributed by atoms with Gasteiger partial charge in [0.05, 0.1) is 10.5 Å². The average Bonchev–Trinajstić information content (AvgIpc) is 2.47. The molecule has 0 aliphatic rings. The van der Waals surface area contributed by atoms with Gasteiger partial charge in [0.1, 0.15) is 0 Å². The molecular formula is C9H7ClN2O. The van der Waals surface area contributed by atoms with Crippen LogP contribution in [0.2, 0.25) is 5.02 Å².